The summed E-state index contributed by atoms with van der Waals surface area (Å²) < 4.78 is 0. The maximum atomic E-state index is 11.5. The van der Waals surface area contributed by atoms with Crippen LogP contribution in [-0.2, 0) is 4.79 Å². The highest BCUT2D eigenvalue weighted by atomic mass is 16.4. The summed E-state index contributed by atoms with van der Waals surface area (Å²) in [4.78, 5) is 13.9. The predicted molar refractivity (Wildman–Crippen MR) is 87.9 cm³/mol. The van der Waals surface area contributed by atoms with Gasteiger partial charge in [0, 0.05) is 25.2 Å². The second-order valence-corrected chi connectivity index (χ2v) is 8.06. The zero-order valence-electron chi connectivity index (χ0n) is 14.0. The third-order valence-electron chi connectivity index (χ3n) is 6.11. The van der Waals surface area contributed by atoms with Crippen LogP contribution in [0.3, 0.4) is 0 Å². The molecule has 2 unspecified atom stereocenters. The molecule has 0 bridgehead atoms. The number of rotatable bonds is 5. The highest BCUT2D eigenvalue weighted by Gasteiger charge is 2.38. The fourth-order valence-corrected chi connectivity index (χ4v) is 4.64. The summed E-state index contributed by atoms with van der Waals surface area (Å²) in [6.07, 6.45) is 10.2. The molecule has 2 aliphatic carbocycles. The smallest absolute Gasteiger partial charge is 0.307 e. The van der Waals surface area contributed by atoms with Gasteiger partial charge in [-0.3, -0.25) is 9.69 Å². The summed E-state index contributed by atoms with van der Waals surface area (Å²) in [5.41, 5.74) is 0. The molecule has 4 nitrogen and oxygen atoms in total. The number of nitrogens with zero attached hydrogens (tertiary/aromatic N) is 1. The molecule has 0 radical (unpaired) electrons. The van der Waals surface area contributed by atoms with Crippen LogP contribution < -0.4 is 5.32 Å². The van der Waals surface area contributed by atoms with E-state index in [9.17, 15) is 9.90 Å². The molecule has 0 spiro atoms. The van der Waals surface area contributed by atoms with Crippen molar-refractivity contribution in [2.24, 2.45) is 17.8 Å². The molecule has 2 saturated carbocycles. The summed E-state index contributed by atoms with van der Waals surface area (Å²) in [7, 11) is 0. The topological polar surface area (TPSA) is 52.6 Å². The van der Waals surface area contributed by atoms with Gasteiger partial charge in [-0.25, -0.2) is 0 Å². The van der Waals surface area contributed by atoms with Gasteiger partial charge in [-0.2, -0.15) is 0 Å². The van der Waals surface area contributed by atoms with Crippen molar-refractivity contribution in [3.63, 3.8) is 0 Å². The molecule has 3 fully saturated rings. The summed E-state index contributed by atoms with van der Waals surface area (Å²) in [6, 6.07) is 1.00. The van der Waals surface area contributed by atoms with Crippen molar-refractivity contribution < 1.29 is 9.90 Å². The lowest BCUT2D eigenvalue weighted by atomic mass is 9.79. The van der Waals surface area contributed by atoms with E-state index in [1.807, 2.05) is 0 Å². The fraction of sp³-hybridized carbons (Fsp3) is 0.944. The molecule has 1 saturated heterocycles. The molecule has 0 aromatic rings. The maximum absolute atomic E-state index is 11.5. The lowest BCUT2D eigenvalue weighted by molar-refractivity contribution is -0.145. The van der Waals surface area contributed by atoms with Crippen molar-refractivity contribution in [1.29, 1.82) is 0 Å². The van der Waals surface area contributed by atoms with E-state index in [1.165, 1.54) is 44.9 Å². The minimum atomic E-state index is -0.610. The molecule has 4 heteroatoms. The SMILES string of the molecule is CC1CC(N2CC(NCC3CCCCC3)CC(C(=O)O)C2)C1. The van der Waals surface area contributed by atoms with Gasteiger partial charge in [0.15, 0.2) is 0 Å². The number of carboxylic acids is 1. The van der Waals surface area contributed by atoms with Crippen molar-refractivity contribution in [3.8, 4) is 0 Å². The normalized spacial score (nSPS) is 37.7. The first-order valence-electron chi connectivity index (χ1n) is 9.32. The van der Waals surface area contributed by atoms with E-state index in [0.29, 0.717) is 12.1 Å². The van der Waals surface area contributed by atoms with Crippen molar-refractivity contribution in [2.45, 2.75) is 70.4 Å². The van der Waals surface area contributed by atoms with Gasteiger partial charge >= 0.3 is 5.97 Å². The Balaban J connectivity index is 1.51. The Kier molecular flexibility index (Phi) is 5.40. The second kappa shape index (κ2) is 7.31. The van der Waals surface area contributed by atoms with Crippen LogP contribution in [-0.4, -0.2) is 47.7 Å². The number of nitrogens with one attached hydrogen (secondary N) is 1. The van der Waals surface area contributed by atoms with E-state index in [1.54, 1.807) is 0 Å². The molecule has 2 atom stereocenters. The van der Waals surface area contributed by atoms with Crippen LogP contribution in [0.5, 0.6) is 0 Å². The average molecular weight is 308 g/mol. The molecule has 1 aliphatic heterocycles. The lowest BCUT2D eigenvalue weighted by Crippen LogP contribution is -2.57. The van der Waals surface area contributed by atoms with Crippen LogP contribution in [0.25, 0.3) is 0 Å². The third-order valence-corrected chi connectivity index (χ3v) is 6.11. The third kappa shape index (κ3) is 4.02. The maximum Gasteiger partial charge on any atom is 0.307 e. The van der Waals surface area contributed by atoms with Gasteiger partial charge < -0.3 is 10.4 Å². The molecular formula is C18H32N2O2. The second-order valence-electron chi connectivity index (χ2n) is 8.06. The lowest BCUT2D eigenvalue weighted by Gasteiger charge is -2.47. The summed E-state index contributed by atoms with van der Waals surface area (Å²) in [5, 5.41) is 13.2. The zero-order valence-corrected chi connectivity index (χ0v) is 14.0. The molecule has 0 aromatic carbocycles. The van der Waals surface area contributed by atoms with Gasteiger partial charge in [0.1, 0.15) is 0 Å². The Hall–Kier alpha value is -0.610. The van der Waals surface area contributed by atoms with Crippen molar-refractivity contribution >= 4 is 5.97 Å². The first kappa shape index (κ1) is 16.3. The van der Waals surface area contributed by atoms with Crippen molar-refractivity contribution in [2.75, 3.05) is 19.6 Å². The van der Waals surface area contributed by atoms with E-state index in [4.69, 9.17) is 0 Å². The van der Waals surface area contributed by atoms with Gasteiger partial charge in [-0.1, -0.05) is 26.2 Å². The van der Waals surface area contributed by atoms with Crippen molar-refractivity contribution in [3.05, 3.63) is 0 Å². The first-order chi connectivity index (χ1) is 10.6. The minimum Gasteiger partial charge on any atom is -0.481 e. The number of likely N-dealkylation sites (tertiary alicyclic amines) is 1. The molecule has 126 valence electrons. The average Bonchev–Trinajstić information content (AvgIpc) is 2.50. The van der Waals surface area contributed by atoms with Crippen LogP contribution in [0.4, 0.5) is 0 Å². The molecule has 0 aromatic heterocycles. The summed E-state index contributed by atoms with van der Waals surface area (Å²) in [5.74, 6) is 0.843. The number of hydrogen-bond donors (Lipinski definition) is 2. The number of piperidine rings is 1. The minimum absolute atomic E-state index is 0.187. The molecule has 0 amide bonds. The van der Waals surface area contributed by atoms with Crippen LogP contribution >= 0.6 is 0 Å². The quantitative estimate of drug-likeness (QED) is 0.820. The van der Waals surface area contributed by atoms with Gasteiger partial charge in [-0.05, 0) is 50.5 Å². The molecular weight excluding hydrogens is 276 g/mol. The predicted octanol–water partition coefficient (Wildman–Crippen LogP) is 2.73. The molecule has 3 rings (SSSR count). The molecule has 3 aliphatic rings. The van der Waals surface area contributed by atoms with Crippen LogP contribution in [0.1, 0.15) is 58.3 Å². The number of carboxylic acid groups (broad SMARTS) is 1. The Labute approximate surface area is 134 Å². The van der Waals surface area contributed by atoms with Gasteiger partial charge in [-0.15, -0.1) is 0 Å². The highest BCUT2D eigenvalue weighted by Crippen LogP contribution is 2.34. The van der Waals surface area contributed by atoms with Gasteiger partial charge in [0.05, 0.1) is 5.92 Å². The molecule has 22 heavy (non-hydrogen) atoms. The monoisotopic (exact) mass is 308 g/mol. The van der Waals surface area contributed by atoms with E-state index in [0.717, 1.165) is 37.9 Å². The standard InChI is InChI=1S/C18H32N2O2/c1-13-7-17(8-13)20-11-15(18(21)22)9-16(12-20)19-10-14-5-3-2-4-6-14/h13-17,19H,2-12H2,1H3,(H,21,22). The van der Waals surface area contributed by atoms with E-state index in [2.05, 4.69) is 17.1 Å². The number of carbonyl (C=O) groups is 1. The van der Waals surface area contributed by atoms with E-state index in [-0.39, 0.29) is 5.92 Å². The Morgan fingerprint density at radius 2 is 1.86 bits per heavy atom. The van der Waals surface area contributed by atoms with E-state index >= 15 is 0 Å². The van der Waals surface area contributed by atoms with Gasteiger partial charge in [0.25, 0.3) is 0 Å². The van der Waals surface area contributed by atoms with Crippen LogP contribution in [0, 0.1) is 17.8 Å². The van der Waals surface area contributed by atoms with Gasteiger partial charge in [0.2, 0.25) is 0 Å². The first-order valence-corrected chi connectivity index (χ1v) is 9.32. The Morgan fingerprint density at radius 3 is 2.50 bits per heavy atom. The molecule has 1 heterocycles. The van der Waals surface area contributed by atoms with Crippen molar-refractivity contribution in [1.82, 2.24) is 10.2 Å². The zero-order chi connectivity index (χ0) is 15.5. The van der Waals surface area contributed by atoms with Crippen LogP contribution in [0.15, 0.2) is 0 Å². The molecule has 2 N–H and O–H groups in total. The Bertz CT molecular complexity index is 375. The largest absolute Gasteiger partial charge is 0.481 e. The summed E-state index contributed by atoms with van der Waals surface area (Å²) >= 11 is 0. The number of aliphatic carboxylic acids is 1. The van der Waals surface area contributed by atoms with E-state index < -0.39 is 5.97 Å². The summed E-state index contributed by atoms with van der Waals surface area (Å²) in [6.45, 7) is 5.20. The van der Waals surface area contributed by atoms with Crippen LogP contribution in [0.2, 0.25) is 0 Å². The Morgan fingerprint density at radius 1 is 1.14 bits per heavy atom. The highest BCUT2D eigenvalue weighted by molar-refractivity contribution is 5.70. The number of hydrogen-bond acceptors (Lipinski definition) is 3. The fourth-order valence-electron chi connectivity index (χ4n) is 4.64.